The van der Waals surface area contributed by atoms with Crippen molar-refractivity contribution in [2.45, 2.75) is 22.8 Å². The molecule has 92 valence electrons. The second-order valence-electron chi connectivity index (χ2n) is 1.99. The number of rotatable bonds is 3. The smallest absolute Gasteiger partial charge is 0.266 e. The van der Waals surface area contributed by atoms with E-state index in [4.69, 9.17) is 34.8 Å². The molecule has 1 unspecified atom stereocenters. The monoisotopic (exact) mass is 300 g/mol. The van der Waals surface area contributed by atoms with E-state index in [1.165, 1.54) is 0 Å². The summed E-state index contributed by atoms with van der Waals surface area (Å²) >= 11 is 14.2. The molecule has 0 saturated heterocycles. The van der Waals surface area contributed by atoms with Crippen LogP contribution in [0.4, 0.5) is 26.3 Å². The number of ether oxygens (including phenoxy) is 2. The van der Waals surface area contributed by atoms with Gasteiger partial charge in [0.15, 0.2) is 5.56 Å². The molecule has 1 atom stereocenters. The molecule has 0 aliphatic carbocycles. The van der Waals surface area contributed by atoms with Gasteiger partial charge in [-0.2, -0.15) is 0 Å². The second-order valence-corrected chi connectivity index (χ2v) is 3.70. The Balaban J connectivity index is 4.46. The Kier molecular flexibility index (Phi) is 4.82. The van der Waals surface area contributed by atoms with Crippen LogP contribution >= 0.6 is 34.8 Å². The molecule has 11 heteroatoms. The SMILES string of the molecule is FC(F)(F)OC(Cl)C(Cl)(Cl)OC(F)(F)F. The lowest BCUT2D eigenvalue weighted by molar-refractivity contribution is -0.374. The predicted octanol–water partition coefficient (Wildman–Crippen LogP) is 3.76. The van der Waals surface area contributed by atoms with Gasteiger partial charge in [0.1, 0.15) is 0 Å². The molecule has 0 saturated carbocycles. The molecule has 0 aliphatic heterocycles. The molecular weight excluding hydrogens is 300 g/mol. The molecule has 0 fully saturated rings. The van der Waals surface area contributed by atoms with Gasteiger partial charge in [0.05, 0.1) is 0 Å². The quantitative estimate of drug-likeness (QED) is 0.584. The van der Waals surface area contributed by atoms with Crippen LogP contribution in [0.15, 0.2) is 0 Å². The van der Waals surface area contributed by atoms with Crippen LogP contribution in [0.3, 0.4) is 0 Å². The summed E-state index contributed by atoms with van der Waals surface area (Å²) in [7, 11) is 0. The van der Waals surface area contributed by atoms with Crippen molar-refractivity contribution < 1.29 is 35.8 Å². The molecule has 0 aromatic carbocycles. The fourth-order valence-electron chi connectivity index (χ4n) is 0.387. The van der Waals surface area contributed by atoms with E-state index in [0.717, 1.165) is 0 Å². The van der Waals surface area contributed by atoms with Gasteiger partial charge < -0.3 is 0 Å². The molecule has 0 rings (SSSR count). The van der Waals surface area contributed by atoms with Gasteiger partial charge in [-0.1, -0.05) is 34.8 Å². The van der Waals surface area contributed by atoms with Crippen molar-refractivity contribution in [1.82, 2.24) is 0 Å². The number of hydrogen-bond donors (Lipinski definition) is 0. The van der Waals surface area contributed by atoms with Crippen molar-refractivity contribution in [1.29, 1.82) is 0 Å². The maximum absolute atomic E-state index is 11.6. The highest BCUT2D eigenvalue weighted by molar-refractivity contribution is 6.50. The average molecular weight is 301 g/mol. The highest BCUT2D eigenvalue weighted by Gasteiger charge is 2.50. The lowest BCUT2D eigenvalue weighted by Gasteiger charge is -2.26. The van der Waals surface area contributed by atoms with E-state index in [9.17, 15) is 26.3 Å². The number of hydrogen-bond acceptors (Lipinski definition) is 2. The van der Waals surface area contributed by atoms with Gasteiger partial charge in [0.2, 0.25) is 0 Å². The van der Waals surface area contributed by atoms with Gasteiger partial charge in [-0.3, -0.25) is 9.47 Å². The summed E-state index contributed by atoms with van der Waals surface area (Å²) in [5.41, 5.74) is -2.78. The molecule has 0 radical (unpaired) electrons. The maximum atomic E-state index is 11.6. The van der Waals surface area contributed by atoms with Crippen molar-refractivity contribution >= 4 is 34.8 Å². The van der Waals surface area contributed by atoms with E-state index in [1.807, 2.05) is 0 Å². The molecule has 0 aromatic rings. The van der Waals surface area contributed by atoms with E-state index < -0.39 is 22.8 Å². The maximum Gasteiger partial charge on any atom is 0.525 e. The standard InChI is InChI=1S/C4HCl3F6O2/c5-1(14-3(8,9)10)2(6,7)15-4(11,12)13/h1H. The molecule has 0 spiro atoms. The van der Waals surface area contributed by atoms with E-state index in [1.54, 1.807) is 0 Å². The normalized spacial score (nSPS) is 16.6. The predicted molar refractivity (Wildman–Crippen MR) is 38.4 cm³/mol. The summed E-state index contributed by atoms with van der Waals surface area (Å²) in [6, 6.07) is 0. The minimum Gasteiger partial charge on any atom is -0.266 e. The molecule has 0 heterocycles. The van der Waals surface area contributed by atoms with Crippen LogP contribution < -0.4 is 0 Å². The molecule has 0 aliphatic rings. The first kappa shape index (κ1) is 15.4. The van der Waals surface area contributed by atoms with Crippen LogP contribution in [0.1, 0.15) is 0 Å². The lowest BCUT2D eigenvalue weighted by Crippen LogP contribution is -2.40. The first-order valence-electron chi connectivity index (χ1n) is 2.87. The van der Waals surface area contributed by atoms with Crippen molar-refractivity contribution in [2.24, 2.45) is 0 Å². The van der Waals surface area contributed by atoms with E-state index >= 15 is 0 Å². The van der Waals surface area contributed by atoms with Crippen molar-refractivity contribution in [3.63, 3.8) is 0 Å². The molecular formula is C4HCl3F6O2. The van der Waals surface area contributed by atoms with Crippen molar-refractivity contribution in [2.75, 3.05) is 0 Å². The summed E-state index contributed by atoms with van der Waals surface area (Å²) in [5, 5.41) is 0. The van der Waals surface area contributed by atoms with Gasteiger partial charge in [-0.15, -0.1) is 26.3 Å². The minimum absolute atomic E-state index is 2.78. The molecule has 0 N–H and O–H groups in total. The van der Waals surface area contributed by atoms with Gasteiger partial charge in [-0.25, -0.2) is 0 Å². The van der Waals surface area contributed by atoms with Crippen LogP contribution in [0.5, 0.6) is 0 Å². The Morgan fingerprint density at radius 1 is 0.867 bits per heavy atom. The highest BCUT2D eigenvalue weighted by Crippen LogP contribution is 2.39. The van der Waals surface area contributed by atoms with Crippen molar-refractivity contribution in [3.8, 4) is 0 Å². The number of halogens is 9. The highest BCUT2D eigenvalue weighted by atomic mass is 35.5. The minimum atomic E-state index is -5.36. The van der Waals surface area contributed by atoms with E-state index in [0.29, 0.717) is 0 Å². The Hall–Kier alpha value is 0.370. The van der Waals surface area contributed by atoms with Crippen LogP contribution in [0.25, 0.3) is 0 Å². The summed E-state index contributed by atoms with van der Waals surface area (Å²) in [6.07, 6.45) is -10.7. The topological polar surface area (TPSA) is 18.5 Å². The van der Waals surface area contributed by atoms with Crippen LogP contribution in [0.2, 0.25) is 0 Å². The number of alkyl halides is 9. The Morgan fingerprint density at radius 3 is 1.53 bits per heavy atom. The molecule has 0 amide bonds. The van der Waals surface area contributed by atoms with Gasteiger partial charge in [0, 0.05) is 0 Å². The average Bonchev–Trinajstić information content (AvgIpc) is 1.75. The Bertz CT molecular complexity index is 213. The second kappa shape index (κ2) is 4.70. The largest absolute Gasteiger partial charge is 0.525 e. The third kappa shape index (κ3) is 7.29. The molecule has 0 bridgehead atoms. The van der Waals surface area contributed by atoms with Crippen LogP contribution in [0, 0.1) is 0 Å². The van der Waals surface area contributed by atoms with Gasteiger partial charge >= 0.3 is 12.7 Å². The Morgan fingerprint density at radius 2 is 1.27 bits per heavy atom. The zero-order valence-electron chi connectivity index (χ0n) is 6.30. The zero-order valence-corrected chi connectivity index (χ0v) is 8.56. The zero-order chi connectivity index (χ0) is 12.5. The van der Waals surface area contributed by atoms with Gasteiger partial charge in [0.25, 0.3) is 4.52 Å². The first-order chi connectivity index (χ1) is 6.33. The van der Waals surface area contributed by atoms with E-state index in [-0.39, 0.29) is 0 Å². The third-order valence-corrected chi connectivity index (χ3v) is 1.92. The summed E-state index contributed by atoms with van der Waals surface area (Å²) in [6.45, 7) is 0. The van der Waals surface area contributed by atoms with E-state index in [2.05, 4.69) is 9.47 Å². The van der Waals surface area contributed by atoms with Crippen LogP contribution in [-0.2, 0) is 9.47 Å². The lowest BCUT2D eigenvalue weighted by atomic mass is 10.7. The van der Waals surface area contributed by atoms with Crippen molar-refractivity contribution in [3.05, 3.63) is 0 Å². The fourth-order valence-corrected chi connectivity index (χ4v) is 0.796. The molecule has 0 aromatic heterocycles. The summed E-state index contributed by atoms with van der Waals surface area (Å²) < 4.78 is 71.6. The Labute approximate surface area is 94.0 Å². The third-order valence-electron chi connectivity index (χ3n) is 0.753. The van der Waals surface area contributed by atoms with Crippen LogP contribution in [-0.4, -0.2) is 22.8 Å². The van der Waals surface area contributed by atoms with Gasteiger partial charge in [-0.05, 0) is 0 Å². The molecule has 15 heavy (non-hydrogen) atoms. The fraction of sp³-hybridized carbons (Fsp3) is 1.00. The summed E-state index contributed by atoms with van der Waals surface area (Å²) in [5.74, 6) is 0. The molecule has 2 nitrogen and oxygen atoms in total. The first-order valence-corrected chi connectivity index (χ1v) is 4.06. The summed E-state index contributed by atoms with van der Waals surface area (Å²) in [4.78, 5) is 0.